The van der Waals surface area contributed by atoms with Crippen molar-refractivity contribution in [3.8, 4) is 22.5 Å². The Kier molecular flexibility index (Phi) is 5.09. The van der Waals surface area contributed by atoms with Gasteiger partial charge in [0.1, 0.15) is 11.6 Å². The zero-order chi connectivity index (χ0) is 18.7. The second-order valence-electron chi connectivity index (χ2n) is 6.23. The van der Waals surface area contributed by atoms with E-state index in [2.05, 4.69) is 15.0 Å². The lowest BCUT2D eigenvalue weighted by Crippen LogP contribution is -2.15. The van der Waals surface area contributed by atoms with Crippen molar-refractivity contribution in [2.45, 2.75) is 6.42 Å². The molecule has 3 aromatic rings. The van der Waals surface area contributed by atoms with Crippen molar-refractivity contribution in [1.29, 1.82) is 0 Å². The molecule has 2 aromatic heterocycles. The van der Waals surface area contributed by atoms with Crippen LogP contribution in [-0.2, 0) is 6.42 Å². The normalized spacial score (nSPS) is 11.1. The van der Waals surface area contributed by atoms with Gasteiger partial charge in [-0.2, -0.15) is 0 Å². The highest BCUT2D eigenvalue weighted by Gasteiger charge is 2.17. The number of carboxylic acids is 1. The summed E-state index contributed by atoms with van der Waals surface area (Å²) in [5, 5.41) is 9.21. The van der Waals surface area contributed by atoms with Gasteiger partial charge in [0.15, 0.2) is 0 Å². The van der Waals surface area contributed by atoms with E-state index in [1.807, 2.05) is 31.1 Å². The largest absolute Gasteiger partial charge is 0.478 e. The van der Waals surface area contributed by atoms with E-state index in [0.717, 1.165) is 24.0 Å². The molecule has 0 aliphatic carbocycles. The Hall–Kier alpha value is -3.06. The topological polar surface area (TPSA) is 82.1 Å². The van der Waals surface area contributed by atoms with Gasteiger partial charge in [-0.1, -0.05) is 0 Å². The number of benzene rings is 1. The number of pyridine rings is 1. The van der Waals surface area contributed by atoms with E-state index < -0.39 is 11.8 Å². The van der Waals surface area contributed by atoms with Crippen molar-refractivity contribution in [3.63, 3.8) is 0 Å². The Balaban J connectivity index is 2.11. The van der Waals surface area contributed by atoms with Crippen molar-refractivity contribution in [1.82, 2.24) is 19.9 Å². The predicted molar refractivity (Wildman–Crippen MR) is 96.4 cm³/mol. The van der Waals surface area contributed by atoms with Crippen LogP contribution in [0.4, 0.5) is 4.39 Å². The van der Waals surface area contributed by atoms with Gasteiger partial charge in [-0.05, 0) is 44.4 Å². The minimum Gasteiger partial charge on any atom is -0.478 e. The molecule has 2 heterocycles. The second-order valence-corrected chi connectivity index (χ2v) is 6.23. The molecule has 7 heteroatoms. The van der Waals surface area contributed by atoms with Gasteiger partial charge >= 0.3 is 5.97 Å². The predicted octanol–water partition coefficient (Wildman–Crippen LogP) is 3.08. The number of halogens is 1. The van der Waals surface area contributed by atoms with E-state index >= 15 is 0 Å². The van der Waals surface area contributed by atoms with Crippen LogP contribution in [0.25, 0.3) is 22.5 Å². The number of carboxylic acid groups (broad SMARTS) is 1. The number of hydrogen-bond acceptors (Lipinski definition) is 4. The second kappa shape index (κ2) is 7.45. The Morgan fingerprint density at radius 2 is 1.92 bits per heavy atom. The lowest BCUT2D eigenvalue weighted by molar-refractivity contribution is 0.0696. The average Bonchev–Trinajstić information content (AvgIpc) is 3.04. The van der Waals surface area contributed by atoms with Crippen LogP contribution in [0.1, 0.15) is 16.2 Å². The number of nitrogens with zero attached hydrogens (tertiary/aromatic N) is 3. The third-order valence-corrected chi connectivity index (χ3v) is 3.94. The average molecular weight is 354 g/mol. The minimum absolute atomic E-state index is 0.112. The number of carbonyl (C=O) groups is 1. The Labute approximate surface area is 150 Å². The summed E-state index contributed by atoms with van der Waals surface area (Å²) >= 11 is 0. The van der Waals surface area contributed by atoms with E-state index in [1.165, 1.54) is 12.1 Å². The van der Waals surface area contributed by atoms with Crippen molar-refractivity contribution >= 4 is 5.97 Å². The number of aromatic amines is 1. The minimum atomic E-state index is -1.18. The summed E-state index contributed by atoms with van der Waals surface area (Å²) in [5.74, 6) is -1.04. The maximum absolute atomic E-state index is 14.0. The number of imidazole rings is 1. The zero-order valence-electron chi connectivity index (χ0n) is 14.5. The first-order valence-electron chi connectivity index (χ1n) is 8.12. The van der Waals surface area contributed by atoms with Crippen LogP contribution >= 0.6 is 0 Å². The first-order valence-corrected chi connectivity index (χ1v) is 8.12. The lowest BCUT2D eigenvalue weighted by atomic mass is 10.0. The first-order chi connectivity index (χ1) is 12.4. The Bertz CT molecular complexity index is 923. The molecule has 26 heavy (non-hydrogen) atoms. The van der Waals surface area contributed by atoms with Crippen LogP contribution in [0.3, 0.4) is 0 Å². The van der Waals surface area contributed by atoms with Gasteiger partial charge in [-0.15, -0.1) is 0 Å². The standard InChI is InChI=1S/C19H19FN4O2/c1-24(2)8-5-16-22-17(12-3-6-21-7-4-12)18(23-16)13-9-14(19(25)26)11-15(20)10-13/h3-4,6-7,9-11H,5,8H2,1-2H3,(H,22,23)(H,25,26). The van der Waals surface area contributed by atoms with Crippen molar-refractivity contribution in [2.24, 2.45) is 0 Å². The molecular weight excluding hydrogens is 335 g/mol. The molecule has 0 spiro atoms. The summed E-state index contributed by atoms with van der Waals surface area (Å²) in [6.45, 7) is 0.798. The summed E-state index contributed by atoms with van der Waals surface area (Å²) in [7, 11) is 3.94. The van der Waals surface area contributed by atoms with Gasteiger partial charge in [0.05, 0.1) is 17.0 Å². The molecule has 3 rings (SSSR count). The molecule has 0 amide bonds. The highest BCUT2D eigenvalue weighted by molar-refractivity contribution is 5.90. The molecule has 6 nitrogen and oxygen atoms in total. The number of H-pyrrole nitrogens is 1. The number of aromatic carboxylic acids is 1. The van der Waals surface area contributed by atoms with Gasteiger partial charge in [-0.25, -0.2) is 14.2 Å². The highest BCUT2D eigenvalue weighted by atomic mass is 19.1. The van der Waals surface area contributed by atoms with E-state index in [-0.39, 0.29) is 5.56 Å². The summed E-state index contributed by atoms with van der Waals surface area (Å²) in [4.78, 5) is 25.2. The fourth-order valence-corrected chi connectivity index (χ4v) is 2.66. The SMILES string of the molecule is CN(C)CCc1nc(-c2cc(F)cc(C(=O)O)c2)c(-c2ccncc2)[nH]1. The first kappa shape index (κ1) is 17.8. The number of aromatic nitrogens is 3. The quantitative estimate of drug-likeness (QED) is 0.711. The van der Waals surface area contributed by atoms with Crippen molar-refractivity contribution < 1.29 is 14.3 Å². The van der Waals surface area contributed by atoms with Crippen LogP contribution in [0.15, 0.2) is 42.7 Å². The third kappa shape index (κ3) is 3.94. The lowest BCUT2D eigenvalue weighted by Gasteiger charge is -2.06. The molecule has 1 aromatic carbocycles. The monoisotopic (exact) mass is 354 g/mol. The summed E-state index contributed by atoms with van der Waals surface area (Å²) in [5.41, 5.74) is 2.38. The molecule has 0 radical (unpaired) electrons. The zero-order valence-corrected chi connectivity index (χ0v) is 14.5. The van der Waals surface area contributed by atoms with E-state index in [9.17, 15) is 14.3 Å². The van der Waals surface area contributed by atoms with Crippen LogP contribution in [0.5, 0.6) is 0 Å². The van der Waals surface area contributed by atoms with Gasteiger partial charge in [0, 0.05) is 36.5 Å². The molecule has 0 saturated carbocycles. The highest BCUT2D eigenvalue weighted by Crippen LogP contribution is 2.31. The molecule has 0 fully saturated rings. The maximum Gasteiger partial charge on any atom is 0.335 e. The van der Waals surface area contributed by atoms with Crippen molar-refractivity contribution in [2.75, 3.05) is 20.6 Å². The number of nitrogens with one attached hydrogen (secondary N) is 1. The summed E-state index contributed by atoms with van der Waals surface area (Å²) < 4.78 is 14.0. The molecule has 0 aliphatic heterocycles. The number of rotatable bonds is 6. The van der Waals surface area contributed by atoms with Gasteiger partial charge in [0.25, 0.3) is 0 Å². The van der Waals surface area contributed by atoms with Crippen LogP contribution in [0, 0.1) is 5.82 Å². The number of hydrogen-bond donors (Lipinski definition) is 2. The number of likely N-dealkylation sites (N-methyl/N-ethyl adjacent to an activating group) is 1. The molecule has 0 saturated heterocycles. The van der Waals surface area contributed by atoms with Gasteiger partial charge in [0.2, 0.25) is 0 Å². The van der Waals surface area contributed by atoms with Gasteiger partial charge in [-0.3, -0.25) is 4.98 Å². The van der Waals surface area contributed by atoms with E-state index in [0.29, 0.717) is 23.4 Å². The Morgan fingerprint density at radius 1 is 1.19 bits per heavy atom. The maximum atomic E-state index is 14.0. The van der Waals surface area contributed by atoms with Crippen LogP contribution in [-0.4, -0.2) is 51.6 Å². The Morgan fingerprint density at radius 3 is 2.58 bits per heavy atom. The molecule has 2 N–H and O–H groups in total. The third-order valence-electron chi connectivity index (χ3n) is 3.94. The van der Waals surface area contributed by atoms with Crippen molar-refractivity contribution in [3.05, 3.63) is 59.9 Å². The van der Waals surface area contributed by atoms with Crippen LogP contribution < -0.4 is 0 Å². The molecule has 0 bridgehead atoms. The smallest absolute Gasteiger partial charge is 0.335 e. The molecule has 0 unspecified atom stereocenters. The fraction of sp³-hybridized carbons (Fsp3) is 0.211. The van der Waals surface area contributed by atoms with Crippen LogP contribution in [0.2, 0.25) is 0 Å². The molecule has 0 aliphatic rings. The fourth-order valence-electron chi connectivity index (χ4n) is 2.66. The summed E-state index contributed by atoms with van der Waals surface area (Å²) in [6, 6.07) is 7.37. The van der Waals surface area contributed by atoms with E-state index in [1.54, 1.807) is 12.4 Å². The summed E-state index contributed by atoms with van der Waals surface area (Å²) in [6.07, 6.45) is 4.01. The molecule has 134 valence electrons. The van der Waals surface area contributed by atoms with E-state index in [4.69, 9.17) is 0 Å². The van der Waals surface area contributed by atoms with Gasteiger partial charge < -0.3 is 15.0 Å². The molecule has 0 atom stereocenters. The molecular formula is C19H19FN4O2.